The maximum atomic E-state index is 14.9. The molecule has 2 N–H and O–H groups in total. The zero-order chi connectivity index (χ0) is 22.9. The molecule has 0 aliphatic heterocycles. The van der Waals surface area contributed by atoms with E-state index < -0.39 is 31.3 Å². The summed E-state index contributed by atoms with van der Waals surface area (Å²) in [5, 5.41) is 22.6. The number of carbonyl (C=O) groups is 1. The van der Waals surface area contributed by atoms with Crippen LogP contribution in [-0.4, -0.2) is 38.1 Å². The molecule has 0 unspecified atom stereocenters. The first-order valence-corrected chi connectivity index (χ1v) is 9.35. The Hall–Kier alpha value is -3.31. The monoisotopic (exact) mass is 429 g/mol. The van der Waals surface area contributed by atoms with Crippen molar-refractivity contribution in [2.45, 2.75) is 39.7 Å². The minimum atomic E-state index is -2.17. The number of esters is 1. The molecule has 1 aromatic carbocycles. The van der Waals surface area contributed by atoms with E-state index in [1.807, 2.05) is 20.8 Å². The van der Waals surface area contributed by atoms with E-state index in [4.69, 9.17) is 19.4 Å². The van der Waals surface area contributed by atoms with E-state index in [1.54, 1.807) is 6.07 Å². The second-order valence-electron chi connectivity index (χ2n) is 7.87. The summed E-state index contributed by atoms with van der Waals surface area (Å²) < 4.78 is 25.6. The summed E-state index contributed by atoms with van der Waals surface area (Å²) in [6.07, 6.45) is 2.57. The minimum absolute atomic E-state index is 0.0477. The first kappa shape index (κ1) is 22.4. The van der Waals surface area contributed by atoms with Crippen molar-refractivity contribution in [3.05, 3.63) is 57.9 Å². The van der Waals surface area contributed by atoms with E-state index in [9.17, 15) is 14.0 Å². The molecule has 2 heterocycles. The molecular weight excluding hydrogens is 408 g/mol. The van der Waals surface area contributed by atoms with Gasteiger partial charge in [-0.1, -0.05) is 20.8 Å². The highest BCUT2D eigenvalue weighted by atomic mass is 19.1. The highest BCUT2D eigenvalue weighted by Gasteiger charge is 2.23. The van der Waals surface area contributed by atoms with Crippen LogP contribution in [0.25, 0.3) is 16.6 Å². The van der Waals surface area contributed by atoms with Crippen molar-refractivity contribution < 1.29 is 28.6 Å². The second kappa shape index (κ2) is 8.44. The van der Waals surface area contributed by atoms with Gasteiger partial charge in [0, 0.05) is 18.5 Å². The summed E-state index contributed by atoms with van der Waals surface area (Å²) in [5.41, 5.74) is -0.364. The van der Waals surface area contributed by atoms with Crippen LogP contribution in [0.1, 0.15) is 38.8 Å². The molecule has 31 heavy (non-hydrogen) atoms. The molecule has 0 radical (unpaired) electrons. The van der Waals surface area contributed by atoms with Gasteiger partial charge in [-0.2, -0.15) is 9.78 Å². The molecule has 0 aliphatic carbocycles. The maximum absolute atomic E-state index is 14.9. The topological polar surface area (TPSA) is 124 Å². The lowest BCUT2D eigenvalue weighted by Crippen LogP contribution is -2.26. The van der Waals surface area contributed by atoms with E-state index in [0.29, 0.717) is 10.9 Å². The Morgan fingerprint density at radius 3 is 2.61 bits per heavy atom. The lowest BCUT2D eigenvalue weighted by Gasteiger charge is -2.20. The molecule has 0 amide bonds. The largest absolute Gasteiger partial charge is 0.707 e. The van der Waals surface area contributed by atoms with Gasteiger partial charge in [-0.3, -0.25) is 9.59 Å². The molecule has 0 atom stereocenters. The highest BCUT2D eigenvalue weighted by molar-refractivity contribution is 6.33. The molecule has 0 saturated heterocycles. The lowest BCUT2D eigenvalue weighted by atomic mass is 9.86. The number of ether oxygens (including phenoxy) is 1. The molecule has 0 saturated carbocycles. The summed E-state index contributed by atoms with van der Waals surface area (Å²) in [6, 6.07) is 4.30. The lowest BCUT2D eigenvalue weighted by molar-refractivity contribution is -0.142. The zero-order valence-electron chi connectivity index (χ0n) is 17.4. The van der Waals surface area contributed by atoms with E-state index in [-0.39, 0.29) is 27.9 Å². The number of hydrogen-bond acceptors (Lipinski definition) is 8. The smallest absolute Gasteiger partial charge is 0.511 e. The predicted molar refractivity (Wildman–Crippen MR) is 110 cm³/mol. The molecule has 0 bridgehead atoms. The summed E-state index contributed by atoms with van der Waals surface area (Å²) >= 11 is 0. The second-order valence-corrected chi connectivity index (χ2v) is 7.87. The van der Waals surface area contributed by atoms with Crippen LogP contribution < -0.4 is 10.2 Å². The van der Waals surface area contributed by atoms with Gasteiger partial charge >= 0.3 is 13.3 Å². The number of carbonyl (C=O) groups excluding carboxylic acids is 1. The van der Waals surface area contributed by atoms with Crippen molar-refractivity contribution >= 4 is 24.1 Å². The van der Waals surface area contributed by atoms with Crippen LogP contribution in [0.5, 0.6) is 5.75 Å². The Labute approximate surface area is 177 Å². The van der Waals surface area contributed by atoms with Crippen LogP contribution in [0.3, 0.4) is 0 Å². The molecule has 0 aliphatic rings. The number of fused-ring (bicyclic) bond motifs is 1. The Morgan fingerprint density at radius 2 is 2.00 bits per heavy atom. The van der Waals surface area contributed by atoms with Crippen molar-refractivity contribution in [2.75, 3.05) is 0 Å². The number of rotatable bonds is 5. The summed E-state index contributed by atoms with van der Waals surface area (Å²) in [7, 11) is -2.17. The number of pyridine rings is 1. The van der Waals surface area contributed by atoms with Gasteiger partial charge in [0.25, 0.3) is 5.56 Å². The van der Waals surface area contributed by atoms with Crippen molar-refractivity contribution in [2.24, 2.45) is 0 Å². The Bertz CT molecular complexity index is 1210. The molecule has 2 aromatic heterocycles. The molecular formula is C20H21BFN3O6. The van der Waals surface area contributed by atoms with Gasteiger partial charge in [-0.15, -0.1) is 0 Å². The van der Waals surface area contributed by atoms with Crippen molar-refractivity contribution in [3.8, 4) is 11.6 Å². The standard InChI is InChI=1S/C20H21BFN3O6/c1-11(26)30-10-14-16(31-21(28)29)5-6-23-18(14)25-19(27)17-12(9-24-25)7-13(8-15(17)22)20(2,3)4/h5-9,28-29H,10H2,1-4H3. The number of halogens is 1. The third-order valence-corrected chi connectivity index (χ3v) is 4.55. The predicted octanol–water partition coefficient (Wildman–Crippen LogP) is 1.63. The SMILES string of the molecule is CC(=O)OCc1c(OB(O)O)ccnc1-n1ncc2cc(C(C)(C)C)cc(F)c2c1=O. The minimum Gasteiger partial charge on any atom is -0.511 e. The highest BCUT2D eigenvalue weighted by Crippen LogP contribution is 2.28. The summed E-state index contributed by atoms with van der Waals surface area (Å²) in [5.74, 6) is -1.53. The van der Waals surface area contributed by atoms with Gasteiger partial charge in [-0.25, -0.2) is 9.37 Å². The zero-order valence-corrected chi connectivity index (χ0v) is 17.4. The maximum Gasteiger partial charge on any atom is 0.707 e. The van der Waals surface area contributed by atoms with Gasteiger partial charge in [-0.05, 0) is 29.2 Å². The van der Waals surface area contributed by atoms with Crippen LogP contribution in [0.15, 0.2) is 35.4 Å². The van der Waals surface area contributed by atoms with Crippen molar-refractivity contribution in [1.82, 2.24) is 14.8 Å². The quantitative estimate of drug-likeness (QED) is 0.464. The van der Waals surface area contributed by atoms with Gasteiger partial charge < -0.3 is 19.4 Å². The fourth-order valence-electron chi connectivity index (χ4n) is 3.00. The Kier molecular flexibility index (Phi) is 6.09. The molecule has 9 nitrogen and oxygen atoms in total. The average Bonchev–Trinajstić information content (AvgIpc) is 2.65. The van der Waals surface area contributed by atoms with Crippen LogP contribution >= 0.6 is 0 Å². The first-order chi connectivity index (χ1) is 14.5. The number of nitrogens with zero attached hydrogens (tertiary/aromatic N) is 3. The van der Waals surface area contributed by atoms with Gasteiger partial charge in [0.15, 0.2) is 5.82 Å². The van der Waals surface area contributed by atoms with Crippen LogP contribution in [0, 0.1) is 5.82 Å². The molecule has 3 aromatic rings. The Morgan fingerprint density at radius 1 is 1.29 bits per heavy atom. The number of aromatic nitrogens is 3. The third kappa shape index (κ3) is 4.73. The number of hydrogen-bond donors (Lipinski definition) is 2. The number of benzene rings is 1. The van der Waals surface area contributed by atoms with E-state index in [1.165, 1.54) is 31.5 Å². The molecule has 162 valence electrons. The molecule has 0 fully saturated rings. The normalized spacial score (nSPS) is 11.5. The van der Waals surface area contributed by atoms with Gasteiger partial charge in [0.05, 0.1) is 17.1 Å². The van der Waals surface area contributed by atoms with Crippen molar-refractivity contribution in [3.63, 3.8) is 0 Å². The first-order valence-electron chi connectivity index (χ1n) is 9.35. The van der Waals surface area contributed by atoms with E-state index >= 15 is 0 Å². The van der Waals surface area contributed by atoms with Crippen LogP contribution in [0.2, 0.25) is 0 Å². The van der Waals surface area contributed by atoms with Crippen LogP contribution in [-0.2, 0) is 21.6 Å². The summed E-state index contributed by atoms with van der Waals surface area (Å²) in [6.45, 7) is 6.57. The average molecular weight is 429 g/mol. The fourth-order valence-corrected chi connectivity index (χ4v) is 3.00. The fraction of sp³-hybridized carbons (Fsp3) is 0.300. The van der Waals surface area contributed by atoms with Crippen LogP contribution in [0.4, 0.5) is 4.39 Å². The third-order valence-electron chi connectivity index (χ3n) is 4.55. The van der Waals surface area contributed by atoms with E-state index in [2.05, 4.69) is 10.1 Å². The molecule has 3 rings (SSSR count). The van der Waals surface area contributed by atoms with E-state index in [0.717, 1.165) is 4.68 Å². The van der Waals surface area contributed by atoms with Gasteiger partial charge in [0.1, 0.15) is 18.2 Å². The summed E-state index contributed by atoms with van der Waals surface area (Å²) in [4.78, 5) is 28.5. The molecule has 0 spiro atoms. The van der Waals surface area contributed by atoms with Gasteiger partial charge in [0.2, 0.25) is 0 Å². The Balaban J connectivity index is 2.23. The molecule has 11 heteroatoms. The van der Waals surface area contributed by atoms with Crippen molar-refractivity contribution in [1.29, 1.82) is 0 Å².